The largest absolute Gasteiger partial charge is 0.495 e. The summed E-state index contributed by atoms with van der Waals surface area (Å²) in [5.74, 6) is 0.00816. The lowest BCUT2D eigenvalue weighted by molar-refractivity contribution is -0.118. The van der Waals surface area contributed by atoms with Gasteiger partial charge in [-0.3, -0.25) is 4.79 Å². The minimum atomic E-state index is -3.94. The molecule has 0 aliphatic rings. The number of ether oxygens (including phenoxy) is 1. The lowest BCUT2D eigenvalue weighted by Gasteiger charge is -2.21. The molecule has 0 bridgehead atoms. The van der Waals surface area contributed by atoms with Gasteiger partial charge in [-0.1, -0.05) is 25.4 Å². The Morgan fingerprint density at radius 3 is 2.65 bits per heavy atom. The van der Waals surface area contributed by atoms with Crippen LogP contribution in [0, 0.1) is 12.8 Å². The van der Waals surface area contributed by atoms with Crippen molar-refractivity contribution >= 4 is 54.8 Å². The summed E-state index contributed by atoms with van der Waals surface area (Å²) in [6.07, 6.45) is 0.315. The predicted octanol–water partition coefficient (Wildman–Crippen LogP) is 4.60. The Balaban J connectivity index is 1.87. The second kappa shape index (κ2) is 9.52. The van der Waals surface area contributed by atoms with E-state index in [4.69, 9.17) is 16.3 Å². The maximum absolute atomic E-state index is 13.1. The molecule has 0 aliphatic carbocycles. The molecule has 31 heavy (non-hydrogen) atoms. The zero-order chi connectivity index (χ0) is 22.8. The third-order valence-electron chi connectivity index (χ3n) is 4.52. The number of thiazole rings is 1. The van der Waals surface area contributed by atoms with Gasteiger partial charge in [-0.15, -0.1) is 11.3 Å². The number of benzene rings is 2. The smallest absolute Gasteiger partial charge is 0.242 e. The third-order valence-corrected chi connectivity index (χ3v) is 7.16. The fraction of sp³-hybridized carbons (Fsp3) is 0.333. The van der Waals surface area contributed by atoms with Crippen LogP contribution in [0.2, 0.25) is 5.02 Å². The number of hydrogen-bond donors (Lipinski definition) is 2. The maximum atomic E-state index is 13.1. The highest BCUT2D eigenvalue weighted by molar-refractivity contribution is 7.89. The highest BCUT2D eigenvalue weighted by Gasteiger charge is 2.27. The summed E-state index contributed by atoms with van der Waals surface area (Å²) >= 11 is 7.45. The number of sulfonamides is 1. The van der Waals surface area contributed by atoms with Gasteiger partial charge in [0.05, 0.1) is 32.9 Å². The Bertz CT molecular complexity index is 1210. The van der Waals surface area contributed by atoms with Crippen molar-refractivity contribution in [2.45, 2.75) is 38.1 Å². The van der Waals surface area contributed by atoms with Crippen molar-refractivity contribution in [3.63, 3.8) is 0 Å². The Hall–Kier alpha value is -2.20. The number of rotatable bonds is 8. The van der Waals surface area contributed by atoms with E-state index in [0.717, 1.165) is 15.2 Å². The van der Waals surface area contributed by atoms with E-state index in [1.807, 2.05) is 20.8 Å². The standard InChI is InChI=1S/C21H24ClN3O4S2/c1-12(2)9-18(21(26)24-17-10-14(22)5-8-19(17)29-4)25-31(27,28)15-6-7-16-20(11-15)30-13(3)23-16/h5-8,10-12,18,25H,9H2,1-4H3,(H,24,26). The van der Waals surface area contributed by atoms with E-state index in [1.165, 1.54) is 24.5 Å². The highest BCUT2D eigenvalue weighted by atomic mass is 35.5. The molecule has 3 aromatic rings. The zero-order valence-corrected chi connectivity index (χ0v) is 20.0. The molecule has 2 N–H and O–H groups in total. The van der Waals surface area contributed by atoms with E-state index < -0.39 is 22.0 Å². The molecular formula is C21H24ClN3O4S2. The van der Waals surface area contributed by atoms with Gasteiger partial charge in [0, 0.05) is 5.02 Å². The number of carbonyl (C=O) groups excluding carboxylic acids is 1. The SMILES string of the molecule is COc1ccc(Cl)cc1NC(=O)C(CC(C)C)NS(=O)(=O)c1ccc2nc(C)sc2c1. The van der Waals surface area contributed by atoms with Crippen LogP contribution in [0.25, 0.3) is 10.2 Å². The molecule has 166 valence electrons. The molecule has 7 nitrogen and oxygen atoms in total. The van der Waals surface area contributed by atoms with E-state index in [-0.39, 0.29) is 10.8 Å². The minimum absolute atomic E-state index is 0.0753. The number of nitrogens with zero attached hydrogens (tertiary/aromatic N) is 1. The van der Waals surface area contributed by atoms with E-state index in [0.29, 0.717) is 22.9 Å². The first-order valence-electron chi connectivity index (χ1n) is 9.63. The molecule has 1 aromatic heterocycles. The number of aryl methyl sites for hydroxylation is 1. The molecule has 0 aliphatic heterocycles. The minimum Gasteiger partial charge on any atom is -0.495 e. The number of anilines is 1. The maximum Gasteiger partial charge on any atom is 0.242 e. The Labute approximate surface area is 190 Å². The molecule has 0 spiro atoms. The van der Waals surface area contributed by atoms with Crippen molar-refractivity contribution in [2.75, 3.05) is 12.4 Å². The summed E-state index contributed by atoms with van der Waals surface area (Å²) in [6.45, 7) is 5.70. The van der Waals surface area contributed by atoms with Gasteiger partial charge in [-0.25, -0.2) is 13.4 Å². The second-order valence-corrected chi connectivity index (χ2v) is 10.9. The number of halogens is 1. The zero-order valence-electron chi connectivity index (χ0n) is 17.6. The Kier molecular flexibility index (Phi) is 7.20. The van der Waals surface area contributed by atoms with Gasteiger partial charge >= 0.3 is 0 Å². The van der Waals surface area contributed by atoms with Crippen LogP contribution in [0.3, 0.4) is 0 Å². The van der Waals surface area contributed by atoms with Gasteiger partial charge in [0.1, 0.15) is 11.8 Å². The summed E-state index contributed by atoms with van der Waals surface area (Å²) in [5.41, 5.74) is 1.11. The van der Waals surface area contributed by atoms with E-state index in [9.17, 15) is 13.2 Å². The summed E-state index contributed by atoms with van der Waals surface area (Å²) in [7, 11) is -2.46. The quantitative estimate of drug-likeness (QED) is 0.490. The Morgan fingerprint density at radius 1 is 1.23 bits per heavy atom. The Morgan fingerprint density at radius 2 is 1.97 bits per heavy atom. The van der Waals surface area contributed by atoms with E-state index in [1.54, 1.807) is 30.3 Å². The number of fused-ring (bicyclic) bond motifs is 1. The number of methoxy groups -OCH3 is 1. The second-order valence-electron chi connectivity index (χ2n) is 7.50. The molecular weight excluding hydrogens is 458 g/mol. The van der Waals surface area contributed by atoms with Crippen LogP contribution in [0.5, 0.6) is 5.75 Å². The number of hydrogen-bond acceptors (Lipinski definition) is 6. The van der Waals surface area contributed by atoms with Crippen molar-refractivity contribution < 1.29 is 17.9 Å². The van der Waals surface area contributed by atoms with Gasteiger partial charge in [-0.05, 0) is 55.7 Å². The lowest BCUT2D eigenvalue weighted by Crippen LogP contribution is -2.44. The molecule has 0 radical (unpaired) electrons. The molecule has 0 fully saturated rings. The molecule has 1 atom stereocenters. The summed E-state index contributed by atoms with van der Waals surface area (Å²) in [5, 5.41) is 4.00. The van der Waals surface area contributed by atoms with Crippen LogP contribution >= 0.6 is 22.9 Å². The first-order valence-corrected chi connectivity index (χ1v) is 12.3. The van der Waals surface area contributed by atoms with Crippen LogP contribution in [-0.4, -0.2) is 32.5 Å². The first-order chi connectivity index (χ1) is 14.6. The van der Waals surface area contributed by atoms with Crippen molar-refractivity contribution in [3.05, 3.63) is 46.4 Å². The van der Waals surface area contributed by atoms with Crippen LogP contribution < -0.4 is 14.8 Å². The van der Waals surface area contributed by atoms with Crippen LogP contribution in [0.15, 0.2) is 41.3 Å². The summed E-state index contributed by atoms with van der Waals surface area (Å²) in [4.78, 5) is 17.4. The summed E-state index contributed by atoms with van der Waals surface area (Å²) < 4.78 is 34.7. The predicted molar refractivity (Wildman–Crippen MR) is 125 cm³/mol. The van der Waals surface area contributed by atoms with Crippen LogP contribution in [-0.2, 0) is 14.8 Å². The van der Waals surface area contributed by atoms with Crippen molar-refractivity contribution in [2.24, 2.45) is 5.92 Å². The van der Waals surface area contributed by atoms with Gasteiger partial charge in [0.2, 0.25) is 15.9 Å². The molecule has 0 saturated heterocycles. The molecule has 0 saturated carbocycles. The van der Waals surface area contributed by atoms with E-state index in [2.05, 4.69) is 15.0 Å². The number of carbonyl (C=O) groups is 1. The molecule has 1 heterocycles. The molecule has 1 unspecified atom stereocenters. The topological polar surface area (TPSA) is 97.4 Å². The van der Waals surface area contributed by atoms with Gasteiger partial charge in [-0.2, -0.15) is 4.72 Å². The monoisotopic (exact) mass is 481 g/mol. The third kappa shape index (κ3) is 5.74. The van der Waals surface area contributed by atoms with Crippen LogP contribution in [0.1, 0.15) is 25.3 Å². The van der Waals surface area contributed by atoms with Crippen LogP contribution in [0.4, 0.5) is 5.69 Å². The fourth-order valence-electron chi connectivity index (χ4n) is 3.12. The molecule has 2 aromatic carbocycles. The molecule has 3 rings (SSSR count). The van der Waals surface area contributed by atoms with Gasteiger partial charge in [0.25, 0.3) is 0 Å². The van der Waals surface area contributed by atoms with E-state index >= 15 is 0 Å². The first kappa shape index (κ1) is 23.5. The summed E-state index contributed by atoms with van der Waals surface area (Å²) in [6, 6.07) is 8.59. The normalized spacial score (nSPS) is 12.8. The van der Waals surface area contributed by atoms with Crippen molar-refractivity contribution in [3.8, 4) is 5.75 Å². The van der Waals surface area contributed by atoms with Gasteiger partial charge < -0.3 is 10.1 Å². The van der Waals surface area contributed by atoms with Crippen molar-refractivity contribution in [1.82, 2.24) is 9.71 Å². The molecule has 1 amide bonds. The van der Waals surface area contributed by atoms with Crippen molar-refractivity contribution in [1.29, 1.82) is 0 Å². The highest BCUT2D eigenvalue weighted by Crippen LogP contribution is 2.28. The average Bonchev–Trinajstić information content (AvgIpc) is 3.06. The molecule has 10 heteroatoms. The number of nitrogens with one attached hydrogen (secondary N) is 2. The fourth-order valence-corrected chi connectivity index (χ4v) is 5.47. The average molecular weight is 482 g/mol. The number of aromatic nitrogens is 1. The number of amides is 1. The van der Waals surface area contributed by atoms with Gasteiger partial charge in [0.15, 0.2) is 0 Å². The lowest BCUT2D eigenvalue weighted by atomic mass is 10.0.